The molecule has 0 radical (unpaired) electrons. The van der Waals surface area contributed by atoms with Crippen molar-refractivity contribution in [2.45, 2.75) is 20.3 Å². The molecule has 1 rings (SSSR count). The Balaban J connectivity index is 2.69. The van der Waals surface area contributed by atoms with Crippen LogP contribution in [0.3, 0.4) is 0 Å². The van der Waals surface area contributed by atoms with Crippen molar-refractivity contribution >= 4 is 17.5 Å². The predicted octanol–water partition coefficient (Wildman–Crippen LogP) is 1.77. The van der Waals surface area contributed by atoms with Gasteiger partial charge in [0.2, 0.25) is 11.8 Å². The summed E-state index contributed by atoms with van der Waals surface area (Å²) in [7, 11) is 0. The number of primary amides is 1. The van der Waals surface area contributed by atoms with Gasteiger partial charge in [-0.05, 0) is 30.7 Å². The summed E-state index contributed by atoms with van der Waals surface area (Å²) in [5, 5.41) is 2.77. The molecule has 2 amide bonds. The average Bonchev–Trinajstić information content (AvgIpc) is 2.28. The van der Waals surface area contributed by atoms with Crippen LogP contribution in [0.1, 0.15) is 30.6 Å². The van der Waals surface area contributed by atoms with Gasteiger partial charge in [0.05, 0.1) is 0 Å². The van der Waals surface area contributed by atoms with E-state index >= 15 is 0 Å². The number of anilines is 1. The highest BCUT2D eigenvalue weighted by atomic mass is 16.2. The number of carbonyl (C=O) groups is 2. The summed E-state index contributed by atoms with van der Waals surface area (Å²) in [6.45, 7) is 3.83. The highest BCUT2D eigenvalue weighted by molar-refractivity contribution is 5.95. The van der Waals surface area contributed by atoms with E-state index in [1.165, 1.54) is 0 Å². The summed E-state index contributed by atoms with van der Waals surface area (Å²) in [5.74, 6) is -0.509. The standard InChI is InChI=1S/C12H16N2O2/c1-3-8(2)12(16)14-10-6-4-9(5-7-10)11(13)15/h4-8H,3H2,1-2H3,(H2,13,15)(H,14,16)/t8-/m0/s1. The molecule has 0 unspecified atom stereocenters. The first-order valence-corrected chi connectivity index (χ1v) is 5.25. The topological polar surface area (TPSA) is 72.2 Å². The van der Waals surface area contributed by atoms with Crippen LogP contribution in [0.4, 0.5) is 5.69 Å². The number of nitrogens with one attached hydrogen (secondary N) is 1. The van der Waals surface area contributed by atoms with E-state index in [2.05, 4.69) is 5.32 Å². The summed E-state index contributed by atoms with van der Waals surface area (Å²) in [4.78, 5) is 22.4. The van der Waals surface area contributed by atoms with E-state index in [1.54, 1.807) is 24.3 Å². The molecular weight excluding hydrogens is 204 g/mol. The van der Waals surface area contributed by atoms with Gasteiger partial charge in [0.25, 0.3) is 0 Å². The van der Waals surface area contributed by atoms with E-state index in [1.807, 2.05) is 13.8 Å². The Hall–Kier alpha value is -1.84. The van der Waals surface area contributed by atoms with E-state index in [-0.39, 0.29) is 11.8 Å². The van der Waals surface area contributed by atoms with Gasteiger partial charge < -0.3 is 11.1 Å². The maximum atomic E-state index is 11.6. The molecular formula is C12H16N2O2. The Bertz CT molecular complexity index is 385. The molecule has 3 N–H and O–H groups in total. The molecule has 1 aromatic carbocycles. The normalized spacial score (nSPS) is 11.9. The van der Waals surface area contributed by atoms with E-state index in [4.69, 9.17) is 5.73 Å². The van der Waals surface area contributed by atoms with Crippen molar-refractivity contribution in [2.24, 2.45) is 11.7 Å². The Labute approximate surface area is 94.8 Å². The van der Waals surface area contributed by atoms with E-state index in [9.17, 15) is 9.59 Å². The number of benzene rings is 1. The number of amides is 2. The van der Waals surface area contributed by atoms with Crippen LogP contribution in [0.15, 0.2) is 24.3 Å². The van der Waals surface area contributed by atoms with Crippen LogP contribution in [0.2, 0.25) is 0 Å². The molecule has 0 heterocycles. The quantitative estimate of drug-likeness (QED) is 0.811. The van der Waals surface area contributed by atoms with Crippen LogP contribution in [-0.2, 0) is 4.79 Å². The van der Waals surface area contributed by atoms with Crippen molar-refractivity contribution in [3.63, 3.8) is 0 Å². The summed E-state index contributed by atoms with van der Waals surface area (Å²) in [6, 6.07) is 6.52. The minimum Gasteiger partial charge on any atom is -0.366 e. The number of hydrogen-bond acceptors (Lipinski definition) is 2. The molecule has 0 aliphatic rings. The lowest BCUT2D eigenvalue weighted by atomic mass is 10.1. The third-order valence-electron chi connectivity index (χ3n) is 2.50. The Morgan fingerprint density at radius 2 is 1.88 bits per heavy atom. The second-order valence-corrected chi connectivity index (χ2v) is 3.74. The smallest absolute Gasteiger partial charge is 0.248 e. The molecule has 0 saturated carbocycles. The van der Waals surface area contributed by atoms with Crippen LogP contribution in [-0.4, -0.2) is 11.8 Å². The van der Waals surface area contributed by atoms with Gasteiger partial charge in [-0.15, -0.1) is 0 Å². The minimum absolute atomic E-state index is 0.0178. The fraction of sp³-hybridized carbons (Fsp3) is 0.333. The molecule has 4 nitrogen and oxygen atoms in total. The molecule has 0 spiro atoms. The summed E-state index contributed by atoms with van der Waals surface area (Å²) in [6.07, 6.45) is 0.797. The van der Waals surface area contributed by atoms with Gasteiger partial charge >= 0.3 is 0 Å². The zero-order valence-corrected chi connectivity index (χ0v) is 9.49. The second-order valence-electron chi connectivity index (χ2n) is 3.74. The highest BCUT2D eigenvalue weighted by Gasteiger charge is 2.10. The first-order valence-electron chi connectivity index (χ1n) is 5.25. The van der Waals surface area contributed by atoms with Crippen molar-refractivity contribution in [3.05, 3.63) is 29.8 Å². The molecule has 0 aromatic heterocycles. The van der Waals surface area contributed by atoms with E-state index < -0.39 is 5.91 Å². The van der Waals surface area contributed by atoms with Gasteiger partial charge in [-0.2, -0.15) is 0 Å². The lowest BCUT2D eigenvalue weighted by molar-refractivity contribution is -0.119. The Morgan fingerprint density at radius 1 is 1.31 bits per heavy atom. The van der Waals surface area contributed by atoms with Crippen molar-refractivity contribution in [2.75, 3.05) is 5.32 Å². The molecule has 86 valence electrons. The van der Waals surface area contributed by atoms with E-state index in [0.717, 1.165) is 6.42 Å². The number of hydrogen-bond donors (Lipinski definition) is 2. The van der Waals surface area contributed by atoms with E-state index in [0.29, 0.717) is 11.3 Å². The predicted molar refractivity (Wildman–Crippen MR) is 63.0 cm³/mol. The molecule has 0 aliphatic carbocycles. The SMILES string of the molecule is CC[C@H](C)C(=O)Nc1ccc(C(N)=O)cc1. The van der Waals surface area contributed by atoms with Crippen LogP contribution in [0, 0.1) is 5.92 Å². The van der Waals surface area contributed by atoms with Crippen LogP contribution < -0.4 is 11.1 Å². The third-order valence-corrected chi connectivity index (χ3v) is 2.50. The molecule has 1 aromatic rings. The molecule has 0 fully saturated rings. The van der Waals surface area contributed by atoms with Crippen molar-refractivity contribution in [1.82, 2.24) is 0 Å². The fourth-order valence-electron chi connectivity index (χ4n) is 1.17. The lowest BCUT2D eigenvalue weighted by Crippen LogP contribution is -2.19. The molecule has 1 atom stereocenters. The van der Waals surface area contributed by atoms with Crippen molar-refractivity contribution < 1.29 is 9.59 Å². The minimum atomic E-state index is -0.472. The monoisotopic (exact) mass is 220 g/mol. The first-order chi connectivity index (χ1) is 7.54. The average molecular weight is 220 g/mol. The molecule has 4 heteroatoms. The molecule has 0 bridgehead atoms. The zero-order valence-electron chi connectivity index (χ0n) is 9.49. The van der Waals surface area contributed by atoms with Crippen LogP contribution in [0.5, 0.6) is 0 Å². The largest absolute Gasteiger partial charge is 0.366 e. The summed E-state index contributed by atoms with van der Waals surface area (Å²) < 4.78 is 0. The maximum absolute atomic E-state index is 11.6. The molecule has 16 heavy (non-hydrogen) atoms. The zero-order chi connectivity index (χ0) is 12.1. The van der Waals surface area contributed by atoms with Gasteiger partial charge in [-0.3, -0.25) is 9.59 Å². The first kappa shape index (κ1) is 12.2. The van der Waals surface area contributed by atoms with Crippen molar-refractivity contribution in [3.8, 4) is 0 Å². The second kappa shape index (κ2) is 5.30. The summed E-state index contributed by atoms with van der Waals surface area (Å²) in [5.41, 5.74) is 6.22. The van der Waals surface area contributed by atoms with Gasteiger partial charge in [0, 0.05) is 17.2 Å². The lowest BCUT2D eigenvalue weighted by Gasteiger charge is -2.09. The number of nitrogens with two attached hydrogens (primary N) is 1. The highest BCUT2D eigenvalue weighted by Crippen LogP contribution is 2.11. The number of carbonyl (C=O) groups excluding carboxylic acids is 2. The van der Waals surface area contributed by atoms with Gasteiger partial charge in [-0.25, -0.2) is 0 Å². The molecule has 0 saturated heterocycles. The Kier molecular flexibility index (Phi) is 4.05. The summed E-state index contributed by atoms with van der Waals surface area (Å²) >= 11 is 0. The maximum Gasteiger partial charge on any atom is 0.248 e. The number of rotatable bonds is 4. The van der Waals surface area contributed by atoms with Gasteiger partial charge in [0.1, 0.15) is 0 Å². The van der Waals surface area contributed by atoms with Crippen LogP contribution >= 0.6 is 0 Å². The van der Waals surface area contributed by atoms with Gasteiger partial charge in [0.15, 0.2) is 0 Å². The fourth-order valence-corrected chi connectivity index (χ4v) is 1.17. The molecule has 0 aliphatic heterocycles. The van der Waals surface area contributed by atoms with Crippen molar-refractivity contribution in [1.29, 1.82) is 0 Å². The van der Waals surface area contributed by atoms with Gasteiger partial charge in [-0.1, -0.05) is 13.8 Å². The third kappa shape index (κ3) is 3.08. The Morgan fingerprint density at radius 3 is 2.31 bits per heavy atom. The van der Waals surface area contributed by atoms with Crippen LogP contribution in [0.25, 0.3) is 0 Å².